The normalized spacial score (nSPS) is 23.1. The third-order valence-corrected chi connectivity index (χ3v) is 6.29. The van der Waals surface area contributed by atoms with Crippen LogP contribution in [0.1, 0.15) is 48.9 Å². The van der Waals surface area contributed by atoms with Crippen molar-refractivity contribution in [2.75, 3.05) is 39.9 Å². The molecule has 1 aliphatic carbocycles. The van der Waals surface area contributed by atoms with E-state index in [0.717, 1.165) is 70.5 Å². The predicted octanol–water partition coefficient (Wildman–Crippen LogP) is 2.97. The molecule has 0 aromatic heterocycles. The minimum absolute atomic E-state index is 0.0873. The molecule has 158 valence electrons. The Morgan fingerprint density at radius 1 is 0.966 bits per heavy atom. The van der Waals surface area contributed by atoms with Gasteiger partial charge in [-0.3, -0.25) is 9.59 Å². The lowest BCUT2D eigenvalue weighted by Gasteiger charge is -2.33. The Morgan fingerprint density at radius 2 is 1.69 bits per heavy atom. The van der Waals surface area contributed by atoms with Crippen LogP contribution in [0.25, 0.3) is 0 Å². The van der Waals surface area contributed by atoms with Crippen molar-refractivity contribution in [1.82, 2.24) is 9.80 Å². The zero-order chi connectivity index (χ0) is 20.2. The number of carbonyl (C=O) groups excluding carboxylic acids is 2. The molecule has 2 saturated heterocycles. The molecule has 6 nitrogen and oxygen atoms in total. The van der Waals surface area contributed by atoms with Gasteiger partial charge in [0.15, 0.2) is 0 Å². The van der Waals surface area contributed by atoms with Gasteiger partial charge in [-0.1, -0.05) is 0 Å². The maximum absolute atomic E-state index is 12.8. The van der Waals surface area contributed by atoms with Crippen molar-refractivity contribution in [3.05, 3.63) is 29.8 Å². The van der Waals surface area contributed by atoms with Crippen LogP contribution in [-0.2, 0) is 9.53 Å². The van der Waals surface area contributed by atoms with Crippen molar-refractivity contribution in [2.45, 2.75) is 44.6 Å². The number of ether oxygens (including phenoxy) is 2. The fraction of sp³-hybridized carbons (Fsp3) is 0.652. The van der Waals surface area contributed by atoms with Gasteiger partial charge >= 0.3 is 0 Å². The highest BCUT2D eigenvalue weighted by Crippen LogP contribution is 2.32. The number of nitrogens with zero attached hydrogens (tertiary/aromatic N) is 2. The van der Waals surface area contributed by atoms with Crippen LogP contribution in [0.3, 0.4) is 0 Å². The number of hydrogen-bond acceptors (Lipinski definition) is 4. The number of rotatable bonds is 6. The fourth-order valence-corrected chi connectivity index (χ4v) is 4.45. The number of amides is 2. The second kappa shape index (κ2) is 9.16. The zero-order valence-electron chi connectivity index (χ0n) is 17.3. The molecule has 1 aromatic rings. The molecule has 3 aliphatic rings. The van der Waals surface area contributed by atoms with Crippen LogP contribution in [0, 0.1) is 11.8 Å². The summed E-state index contributed by atoms with van der Waals surface area (Å²) in [6, 6.07) is 7.52. The maximum atomic E-state index is 12.8. The number of piperidine rings is 2. The Balaban J connectivity index is 1.27. The molecular formula is C23H32N2O4. The first-order valence-corrected chi connectivity index (χ1v) is 11.0. The van der Waals surface area contributed by atoms with Crippen LogP contribution >= 0.6 is 0 Å². The molecule has 6 heteroatoms. The van der Waals surface area contributed by atoms with Gasteiger partial charge < -0.3 is 19.3 Å². The smallest absolute Gasteiger partial charge is 0.253 e. The Kier molecular flexibility index (Phi) is 6.38. The minimum Gasteiger partial charge on any atom is -0.490 e. The van der Waals surface area contributed by atoms with Crippen LogP contribution in [0.2, 0.25) is 0 Å². The topological polar surface area (TPSA) is 59.1 Å². The van der Waals surface area contributed by atoms with Gasteiger partial charge in [0.05, 0.1) is 6.61 Å². The van der Waals surface area contributed by atoms with Crippen LogP contribution in [0.5, 0.6) is 5.75 Å². The molecule has 2 amide bonds. The largest absolute Gasteiger partial charge is 0.490 e. The third kappa shape index (κ3) is 5.10. The molecule has 0 unspecified atom stereocenters. The van der Waals surface area contributed by atoms with Gasteiger partial charge in [0.1, 0.15) is 11.9 Å². The predicted molar refractivity (Wildman–Crippen MR) is 110 cm³/mol. The average Bonchev–Trinajstić information content (AvgIpc) is 3.60. The maximum Gasteiger partial charge on any atom is 0.253 e. The summed E-state index contributed by atoms with van der Waals surface area (Å²) in [4.78, 5) is 28.9. The van der Waals surface area contributed by atoms with Crippen molar-refractivity contribution < 1.29 is 19.1 Å². The van der Waals surface area contributed by atoms with Crippen LogP contribution in [0.4, 0.5) is 0 Å². The molecule has 2 aliphatic heterocycles. The zero-order valence-corrected chi connectivity index (χ0v) is 17.3. The van der Waals surface area contributed by atoms with Gasteiger partial charge in [0.25, 0.3) is 5.91 Å². The first-order chi connectivity index (χ1) is 14.1. The van der Waals surface area contributed by atoms with E-state index < -0.39 is 0 Å². The average molecular weight is 401 g/mol. The first kappa shape index (κ1) is 20.2. The van der Waals surface area contributed by atoms with E-state index in [9.17, 15) is 9.59 Å². The van der Waals surface area contributed by atoms with Crippen LogP contribution < -0.4 is 4.74 Å². The van der Waals surface area contributed by atoms with Crippen molar-refractivity contribution in [3.8, 4) is 5.75 Å². The van der Waals surface area contributed by atoms with Crippen molar-refractivity contribution in [2.24, 2.45) is 11.8 Å². The quantitative estimate of drug-likeness (QED) is 0.737. The Morgan fingerprint density at radius 3 is 2.34 bits per heavy atom. The van der Waals surface area contributed by atoms with E-state index in [0.29, 0.717) is 29.9 Å². The molecule has 3 fully saturated rings. The molecule has 0 spiro atoms. The Hall–Kier alpha value is -2.08. The second-order valence-electron chi connectivity index (χ2n) is 8.66. The van der Waals surface area contributed by atoms with Gasteiger partial charge in [-0.2, -0.15) is 0 Å². The number of likely N-dealkylation sites (tertiary alicyclic amines) is 2. The van der Waals surface area contributed by atoms with Gasteiger partial charge in [-0.05, 0) is 55.9 Å². The molecular weight excluding hydrogens is 368 g/mol. The first-order valence-electron chi connectivity index (χ1n) is 11.0. The summed E-state index contributed by atoms with van der Waals surface area (Å²) < 4.78 is 11.4. The Bertz CT molecular complexity index is 706. The van der Waals surface area contributed by atoms with Gasteiger partial charge in [-0.15, -0.1) is 0 Å². The molecule has 0 radical (unpaired) electrons. The summed E-state index contributed by atoms with van der Waals surface area (Å²) in [5, 5.41) is 0. The van der Waals surface area contributed by atoms with E-state index in [1.54, 1.807) is 7.11 Å². The van der Waals surface area contributed by atoms with Crippen LogP contribution in [0.15, 0.2) is 24.3 Å². The van der Waals surface area contributed by atoms with E-state index in [4.69, 9.17) is 9.47 Å². The lowest BCUT2D eigenvalue weighted by Crippen LogP contribution is -2.42. The van der Waals surface area contributed by atoms with E-state index in [-0.39, 0.29) is 12.0 Å². The van der Waals surface area contributed by atoms with Crippen molar-refractivity contribution in [1.29, 1.82) is 0 Å². The summed E-state index contributed by atoms with van der Waals surface area (Å²) in [5.74, 6) is 1.94. The fourth-order valence-electron chi connectivity index (χ4n) is 4.45. The highest BCUT2D eigenvalue weighted by molar-refractivity contribution is 5.94. The molecule has 0 bridgehead atoms. The molecule has 29 heavy (non-hydrogen) atoms. The molecule has 1 aromatic carbocycles. The highest BCUT2D eigenvalue weighted by atomic mass is 16.5. The van der Waals surface area contributed by atoms with Crippen molar-refractivity contribution in [3.63, 3.8) is 0 Å². The standard InChI is InChI=1S/C23H32N2O4/c1-28-16-17-3-2-12-25(15-17)23(27)19-6-8-20(9-7-19)29-21-10-13-24(14-11-21)22(26)18-4-5-18/h6-9,17-18,21H,2-5,10-16H2,1H3/t17-/m0/s1. The van der Waals surface area contributed by atoms with Crippen molar-refractivity contribution >= 4 is 11.8 Å². The number of benzene rings is 1. The highest BCUT2D eigenvalue weighted by Gasteiger charge is 2.35. The summed E-state index contributed by atoms with van der Waals surface area (Å²) in [6.45, 7) is 3.86. The van der Waals surface area contributed by atoms with E-state index in [2.05, 4.69) is 0 Å². The van der Waals surface area contributed by atoms with Gasteiger partial charge in [0, 0.05) is 57.6 Å². The SMILES string of the molecule is COC[C@H]1CCCN(C(=O)c2ccc(OC3CCN(C(=O)C4CC4)CC3)cc2)C1. The van der Waals surface area contributed by atoms with E-state index in [1.807, 2.05) is 34.1 Å². The third-order valence-electron chi connectivity index (χ3n) is 6.29. The van der Waals surface area contributed by atoms with Gasteiger partial charge in [-0.25, -0.2) is 0 Å². The summed E-state index contributed by atoms with van der Waals surface area (Å²) in [7, 11) is 1.72. The second-order valence-corrected chi connectivity index (χ2v) is 8.66. The summed E-state index contributed by atoms with van der Waals surface area (Å²) >= 11 is 0. The van der Waals surface area contributed by atoms with E-state index >= 15 is 0 Å². The minimum atomic E-state index is 0.0873. The van der Waals surface area contributed by atoms with Crippen LogP contribution in [-0.4, -0.2) is 67.6 Å². The van der Waals surface area contributed by atoms with E-state index in [1.165, 1.54) is 0 Å². The lowest BCUT2D eigenvalue weighted by atomic mass is 9.98. The Labute approximate surface area is 173 Å². The molecule has 4 rings (SSSR count). The number of carbonyl (C=O) groups is 2. The summed E-state index contributed by atoms with van der Waals surface area (Å²) in [5.41, 5.74) is 0.709. The number of hydrogen-bond donors (Lipinski definition) is 0. The molecule has 0 N–H and O–H groups in total. The molecule has 1 atom stereocenters. The molecule has 2 heterocycles. The molecule has 1 saturated carbocycles. The summed E-state index contributed by atoms with van der Waals surface area (Å²) in [6.07, 6.45) is 6.15. The lowest BCUT2D eigenvalue weighted by molar-refractivity contribution is -0.134. The number of methoxy groups -OCH3 is 1. The monoisotopic (exact) mass is 400 g/mol. The van der Waals surface area contributed by atoms with Gasteiger partial charge in [0.2, 0.25) is 5.91 Å².